The van der Waals surface area contributed by atoms with Gasteiger partial charge in [0.25, 0.3) is 0 Å². The van der Waals surface area contributed by atoms with E-state index in [1.54, 1.807) is 29.9 Å². The molecule has 0 atom stereocenters. The highest BCUT2D eigenvalue weighted by Gasteiger charge is 2.33. The SMILES string of the molecule is Cc1cc(NC(=O)N(Cc2cccc(O)c2)C2CC2)n(C)n1. The number of benzene rings is 1. The molecule has 0 unspecified atom stereocenters. The molecule has 1 heterocycles. The summed E-state index contributed by atoms with van der Waals surface area (Å²) in [6.07, 6.45) is 2.05. The fourth-order valence-electron chi connectivity index (χ4n) is 2.51. The number of anilines is 1. The lowest BCUT2D eigenvalue weighted by Crippen LogP contribution is -2.36. The third-order valence-electron chi connectivity index (χ3n) is 3.75. The Morgan fingerprint density at radius 3 is 2.82 bits per heavy atom. The van der Waals surface area contributed by atoms with Gasteiger partial charge >= 0.3 is 6.03 Å². The molecule has 6 nitrogen and oxygen atoms in total. The largest absolute Gasteiger partial charge is 0.508 e. The van der Waals surface area contributed by atoms with E-state index in [-0.39, 0.29) is 17.8 Å². The van der Waals surface area contributed by atoms with E-state index < -0.39 is 0 Å². The van der Waals surface area contributed by atoms with Gasteiger partial charge in [0.2, 0.25) is 0 Å². The molecule has 116 valence electrons. The lowest BCUT2D eigenvalue weighted by molar-refractivity contribution is 0.206. The number of urea groups is 1. The van der Waals surface area contributed by atoms with Gasteiger partial charge < -0.3 is 10.0 Å². The van der Waals surface area contributed by atoms with Gasteiger partial charge in [0.15, 0.2) is 0 Å². The van der Waals surface area contributed by atoms with Gasteiger partial charge in [-0.25, -0.2) is 4.79 Å². The highest BCUT2D eigenvalue weighted by molar-refractivity contribution is 5.88. The first-order valence-corrected chi connectivity index (χ1v) is 7.39. The second kappa shape index (κ2) is 5.71. The molecule has 0 saturated heterocycles. The van der Waals surface area contributed by atoms with E-state index in [1.165, 1.54) is 0 Å². The van der Waals surface area contributed by atoms with Crippen molar-refractivity contribution < 1.29 is 9.90 Å². The summed E-state index contributed by atoms with van der Waals surface area (Å²) >= 11 is 0. The number of carbonyl (C=O) groups excluding carboxylic acids is 1. The predicted molar refractivity (Wildman–Crippen MR) is 83.6 cm³/mol. The van der Waals surface area contributed by atoms with Crippen molar-refractivity contribution in [2.45, 2.75) is 32.4 Å². The van der Waals surface area contributed by atoms with E-state index in [0.717, 1.165) is 24.1 Å². The number of hydrogen-bond donors (Lipinski definition) is 2. The number of carbonyl (C=O) groups is 1. The molecule has 0 radical (unpaired) electrons. The molecule has 1 aromatic carbocycles. The molecule has 6 heteroatoms. The Labute approximate surface area is 129 Å². The topological polar surface area (TPSA) is 70.4 Å². The lowest BCUT2D eigenvalue weighted by Gasteiger charge is -2.23. The summed E-state index contributed by atoms with van der Waals surface area (Å²) < 4.78 is 1.66. The highest BCUT2D eigenvalue weighted by Crippen LogP contribution is 2.29. The van der Waals surface area contributed by atoms with Crippen LogP contribution in [0.5, 0.6) is 5.75 Å². The van der Waals surface area contributed by atoms with E-state index in [2.05, 4.69) is 10.4 Å². The molecular weight excluding hydrogens is 280 g/mol. The monoisotopic (exact) mass is 300 g/mol. The normalized spacial score (nSPS) is 13.9. The fraction of sp³-hybridized carbons (Fsp3) is 0.375. The molecule has 22 heavy (non-hydrogen) atoms. The van der Waals surface area contributed by atoms with Gasteiger partial charge in [-0.3, -0.25) is 10.00 Å². The second-order valence-electron chi connectivity index (χ2n) is 5.75. The number of hydrogen-bond acceptors (Lipinski definition) is 3. The van der Waals surface area contributed by atoms with Crippen molar-refractivity contribution in [3.63, 3.8) is 0 Å². The summed E-state index contributed by atoms with van der Waals surface area (Å²) in [5.74, 6) is 0.903. The number of aryl methyl sites for hydroxylation is 2. The number of phenolic OH excluding ortho intramolecular Hbond substituents is 1. The second-order valence-corrected chi connectivity index (χ2v) is 5.75. The molecule has 1 saturated carbocycles. The Balaban J connectivity index is 1.73. The van der Waals surface area contributed by atoms with Crippen molar-refractivity contribution in [1.82, 2.24) is 14.7 Å². The predicted octanol–water partition coefficient (Wildman–Crippen LogP) is 2.63. The standard InChI is InChI=1S/C16H20N4O2/c1-11-8-15(19(2)18-11)17-16(22)20(13-6-7-13)10-12-4-3-5-14(21)9-12/h3-5,8-9,13,21H,6-7,10H2,1-2H3,(H,17,22). The van der Waals surface area contributed by atoms with Gasteiger partial charge in [-0.15, -0.1) is 0 Å². The number of phenols is 1. The minimum atomic E-state index is -0.131. The zero-order valence-electron chi connectivity index (χ0n) is 12.8. The number of nitrogens with zero attached hydrogens (tertiary/aromatic N) is 3. The maximum atomic E-state index is 12.6. The van der Waals surface area contributed by atoms with E-state index in [4.69, 9.17) is 0 Å². The average molecular weight is 300 g/mol. The number of amides is 2. The van der Waals surface area contributed by atoms with Crippen LogP contribution >= 0.6 is 0 Å². The Morgan fingerprint density at radius 2 is 2.23 bits per heavy atom. The van der Waals surface area contributed by atoms with Crippen molar-refractivity contribution >= 4 is 11.8 Å². The molecule has 1 aromatic heterocycles. The molecule has 0 spiro atoms. The van der Waals surface area contributed by atoms with Crippen LogP contribution in [0.3, 0.4) is 0 Å². The summed E-state index contributed by atoms with van der Waals surface area (Å²) in [4.78, 5) is 14.4. The van der Waals surface area contributed by atoms with E-state index in [9.17, 15) is 9.90 Å². The van der Waals surface area contributed by atoms with Crippen molar-refractivity contribution in [2.24, 2.45) is 7.05 Å². The average Bonchev–Trinajstić information content (AvgIpc) is 3.23. The minimum Gasteiger partial charge on any atom is -0.508 e. The Morgan fingerprint density at radius 1 is 1.45 bits per heavy atom. The van der Waals surface area contributed by atoms with Crippen LogP contribution in [0.1, 0.15) is 24.1 Å². The van der Waals surface area contributed by atoms with Crippen molar-refractivity contribution in [1.29, 1.82) is 0 Å². The quantitative estimate of drug-likeness (QED) is 0.912. The molecule has 1 fully saturated rings. The Kier molecular flexibility index (Phi) is 3.75. The van der Waals surface area contributed by atoms with Crippen LogP contribution < -0.4 is 5.32 Å². The highest BCUT2D eigenvalue weighted by atomic mass is 16.3. The van der Waals surface area contributed by atoms with Gasteiger partial charge in [0.1, 0.15) is 11.6 Å². The van der Waals surface area contributed by atoms with Gasteiger partial charge in [0.05, 0.1) is 5.69 Å². The van der Waals surface area contributed by atoms with E-state index in [1.807, 2.05) is 24.0 Å². The van der Waals surface area contributed by atoms with E-state index >= 15 is 0 Å². The molecule has 1 aliphatic carbocycles. The van der Waals surface area contributed by atoms with Gasteiger partial charge in [-0.1, -0.05) is 12.1 Å². The maximum Gasteiger partial charge on any atom is 0.323 e. The molecule has 0 aliphatic heterocycles. The minimum absolute atomic E-state index is 0.131. The molecule has 1 aliphatic rings. The molecular formula is C16H20N4O2. The summed E-state index contributed by atoms with van der Waals surface area (Å²) in [5, 5.41) is 16.7. The van der Waals surface area contributed by atoms with Crippen molar-refractivity contribution in [3.8, 4) is 5.75 Å². The first-order chi connectivity index (χ1) is 10.5. The van der Waals surface area contributed by atoms with Gasteiger partial charge in [-0.05, 0) is 37.5 Å². The number of nitrogens with one attached hydrogen (secondary N) is 1. The molecule has 2 amide bonds. The van der Waals surface area contributed by atoms with E-state index in [0.29, 0.717) is 12.4 Å². The number of rotatable bonds is 4. The third-order valence-corrected chi connectivity index (χ3v) is 3.75. The van der Waals surface area contributed by atoms with Crippen molar-refractivity contribution in [3.05, 3.63) is 41.6 Å². The summed E-state index contributed by atoms with van der Waals surface area (Å²) in [6, 6.07) is 9.01. The Hall–Kier alpha value is -2.50. The first-order valence-electron chi connectivity index (χ1n) is 7.39. The van der Waals surface area contributed by atoms with Gasteiger partial charge in [-0.2, -0.15) is 5.10 Å². The summed E-state index contributed by atoms with van der Waals surface area (Å²) in [7, 11) is 1.80. The van der Waals surface area contributed by atoms with Crippen molar-refractivity contribution in [2.75, 3.05) is 5.32 Å². The molecule has 2 aromatic rings. The van der Waals surface area contributed by atoms with Crippen LogP contribution in [0, 0.1) is 6.92 Å². The molecule has 0 bridgehead atoms. The number of aromatic nitrogens is 2. The smallest absolute Gasteiger partial charge is 0.323 e. The van der Waals surface area contributed by atoms with Crippen LogP contribution in [0.2, 0.25) is 0 Å². The third kappa shape index (κ3) is 3.21. The first kappa shape index (κ1) is 14.4. The maximum absolute atomic E-state index is 12.6. The van der Waals surface area contributed by atoms with Crippen LogP contribution in [-0.2, 0) is 13.6 Å². The fourth-order valence-corrected chi connectivity index (χ4v) is 2.51. The summed E-state index contributed by atoms with van der Waals surface area (Å²) in [6.45, 7) is 2.38. The van der Waals surface area contributed by atoms with Crippen LogP contribution in [0.15, 0.2) is 30.3 Å². The molecule has 3 rings (SSSR count). The summed E-state index contributed by atoms with van der Waals surface area (Å²) in [5.41, 5.74) is 1.78. The van der Waals surface area contributed by atoms with Crippen LogP contribution in [-0.4, -0.2) is 31.9 Å². The zero-order valence-corrected chi connectivity index (χ0v) is 12.8. The Bertz CT molecular complexity index is 691. The zero-order chi connectivity index (χ0) is 15.7. The van der Waals surface area contributed by atoms with Gasteiger partial charge in [0, 0.05) is 25.7 Å². The van der Waals surface area contributed by atoms with Crippen LogP contribution in [0.4, 0.5) is 10.6 Å². The lowest BCUT2D eigenvalue weighted by atomic mass is 10.2. The molecule has 2 N–H and O–H groups in total. The number of aromatic hydroxyl groups is 1. The van der Waals surface area contributed by atoms with Crippen LogP contribution in [0.25, 0.3) is 0 Å².